The first-order valence-corrected chi connectivity index (χ1v) is 12.7. The standard InChI is InChI=1S/C33H20O10/c34-21-12-16(13-23-30(38)25(32(40)42-23)17-7-3-1-4-8-17)11-20-19(14-22(35)29(37)27(20)28(21)36)15-24-31(39)26(33(41)43-24)18-9-5-2-6-10-18/h1-15,35,37-39H,(H,34,36)/p-2/b23-13-,24-15-. The summed E-state index contributed by atoms with van der Waals surface area (Å²) in [7, 11) is 0. The number of phenols is 1. The van der Waals surface area contributed by atoms with E-state index in [-0.39, 0.29) is 39.2 Å². The number of phenolic OH excluding ortho intramolecular Hbond substituents is 1. The molecule has 0 atom stereocenters. The SMILES string of the molecule is O=C1O/C(=C\c2cc([O-])c(=O)c3c(O)c([O-])cc(/C=C4\OC(=O)C(c5ccccc5)=C4O)c3c2)C(O)=C1c1ccccc1. The lowest BCUT2D eigenvalue weighted by Crippen LogP contribution is -2.08. The predicted octanol–water partition coefficient (Wildman–Crippen LogP) is 3.79. The summed E-state index contributed by atoms with van der Waals surface area (Å²) in [4.78, 5) is 38.2. The molecular formula is C33H18O10-2. The lowest BCUT2D eigenvalue weighted by atomic mass is 10.0. The Morgan fingerprint density at radius 1 is 0.628 bits per heavy atom. The molecule has 10 nitrogen and oxygen atoms in total. The third-order valence-corrected chi connectivity index (χ3v) is 6.86. The van der Waals surface area contributed by atoms with Gasteiger partial charge in [0, 0.05) is 0 Å². The van der Waals surface area contributed by atoms with E-state index in [1.165, 1.54) is 6.07 Å². The lowest BCUT2D eigenvalue weighted by molar-refractivity contribution is -0.270. The van der Waals surface area contributed by atoms with E-state index in [0.717, 1.165) is 24.3 Å². The van der Waals surface area contributed by atoms with E-state index in [4.69, 9.17) is 9.47 Å². The number of hydrogen-bond donors (Lipinski definition) is 3. The number of aliphatic hydroxyl groups excluding tert-OH is 2. The summed E-state index contributed by atoms with van der Waals surface area (Å²) in [5, 5.41) is 56.8. The molecule has 0 radical (unpaired) electrons. The fourth-order valence-corrected chi connectivity index (χ4v) is 4.86. The minimum absolute atomic E-state index is 0.0355. The van der Waals surface area contributed by atoms with Gasteiger partial charge in [0.15, 0.2) is 28.5 Å². The number of esters is 2. The van der Waals surface area contributed by atoms with Gasteiger partial charge in [-0.25, -0.2) is 9.59 Å². The molecule has 0 bridgehead atoms. The molecule has 6 rings (SSSR count). The number of rotatable bonds is 4. The number of aromatic hydroxyl groups is 1. The number of benzene rings is 3. The molecule has 0 spiro atoms. The molecule has 0 aliphatic carbocycles. The van der Waals surface area contributed by atoms with Gasteiger partial charge in [0.05, 0.1) is 5.39 Å². The predicted molar refractivity (Wildman–Crippen MR) is 151 cm³/mol. The van der Waals surface area contributed by atoms with Crippen LogP contribution in [0.4, 0.5) is 0 Å². The molecule has 0 saturated carbocycles. The monoisotopic (exact) mass is 574 g/mol. The van der Waals surface area contributed by atoms with Crippen LogP contribution in [0, 0.1) is 0 Å². The van der Waals surface area contributed by atoms with E-state index in [9.17, 15) is 39.9 Å². The van der Waals surface area contributed by atoms with Gasteiger partial charge < -0.3 is 35.0 Å². The molecule has 3 N–H and O–H groups in total. The van der Waals surface area contributed by atoms with E-state index in [1.807, 2.05) is 0 Å². The van der Waals surface area contributed by atoms with Gasteiger partial charge in [-0.15, -0.1) is 0 Å². The van der Waals surface area contributed by atoms with E-state index in [0.29, 0.717) is 11.1 Å². The van der Waals surface area contributed by atoms with E-state index >= 15 is 0 Å². The first-order valence-electron chi connectivity index (χ1n) is 12.7. The molecule has 0 amide bonds. The summed E-state index contributed by atoms with van der Waals surface area (Å²) in [6.07, 6.45) is 2.26. The van der Waals surface area contributed by atoms with Crippen LogP contribution in [0.1, 0.15) is 22.3 Å². The average molecular weight is 574 g/mol. The Kier molecular flexibility index (Phi) is 6.43. The molecule has 2 heterocycles. The Morgan fingerprint density at radius 2 is 1.14 bits per heavy atom. The van der Waals surface area contributed by atoms with Gasteiger partial charge in [-0.2, -0.15) is 0 Å². The number of cyclic esters (lactones) is 2. The lowest BCUT2D eigenvalue weighted by Gasteiger charge is -2.13. The molecule has 2 aliphatic heterocycles. The van der Waals surface area contributed by atoms with Crippen molar-refractivity contribution in [3.63, 3.8) is 0 Å². The summed E-state index contributed by atoms with van der Waals surface area (Å²) < 4.78 is 10.5. The number of hydrogen-bond acceptors (Lipinski definition) is 10. The Bertz CT molecular complexity index is 2050. The minimum Gasteiger partial charge on any atom is -0.870 e. The van der Waals surface area contributed by atoms with Gasteiger partial charge in [0.1, 0.15) is 16.9 Å². The quantitative estimate of drug-likeness (QED) is 0.304. The van der Waals surface area contributed by atoms with Crippen molar-refractivity contribution in [3.8, 4) is 17.2 Å². The van der Waals surface area contributed by atoms with Gasteiger partial charge >= 0.3 is 11.9 Å². The van der Waals surface area contributed by atoms with Crippen molar-refractivity contribution in [2.45, 2.75) is 0 Å². The normalized spacial score (nSPS) is 16.8. The molecular weight excluding hydrogens is 556 g/mol. The largest absolute Gasteiger partial charge is 0.870 e. The van der Waals surface area contributed by atoms with Crippen LogP contribution in [-0.2, 0) is 19.1 Å². The molecule has 43 heavy (non-hydrogen) atoms. The highest BCUT2D eigenvalue weighted by molar-refractivity contribution is 6.21. The molecule has 0 aromatic heterocycles. The summed E-state index contributed by atoms with van der Waals surface area (Å²) in [5.41, 5.74) is -0.800. The maximum absolute atomic E-state index is 13.0. The highest BCUT2D eigenvalue weighted by Gasteiger charge is 2.32. The van der Waals surface area contributed by atoms with Crippen molar-refractivity contribution in [1.82, 2.24) is 0 Å². The van der Waals surface area contributed by atoms with Gasteiger partial charge in [0.25, 0.3) is 0 Å². The summed E-state index contributed by atoms with van der Waals surface area (Å²) in [5.74, 6) is -6.48. The fraction of sp³-hybridized carbons (Fsp3) is 0. The molecule has 4 aromatic rings. The van der Waals surface area contributed by atoms with Gasteiger partial charge in [-0.1, -0.05) is 84.3 Å². The zero-order valence-corrected chi connectivity index (χ0v) is 21.9. The average Bonchev–Trinajstić information content (AvgIpc) is 3.38. The van der Waals surface area contributed by atoms with Crippen molar-refractivity contribution < 1.29 is 44.6 Å². The second-order valence-electron chi connectivity index (χ2n) is 9.56. The van der Waals surface area contributed by atoms with Crippen molar-refractivity contribution in [1.29, 1.82) is 0 Å². The van der Waals surface area contributed by atoms with Crippen LogP contribution in [0.5, 0.6) is 17.2 Å². The number of carbonyl (C=O) groups excluding carboxylic acids is 2. The maximum Gasteiger partial charge on any atom is 0.348 e. The molecule has 0 fully saturated rings. The number of ether oxygens (including phenoxy) is 2. The second-order valence-corrected chi connectivity index (χ2v) is 9.56. The third kappa shape index (κ3) is 4.62. The van der Waals surface area contributed by atoms with Crippen LogP contribution in [0.3, 0.4) is 0 Å². The van der Waals surface area contributed by atoms with Crippen LogP contribution < -0.4 is 15.6 Å². The topological polar surface area (TPSA) is 176 Å². The van der Waals surface area contributed by atoms with E-state index < -0.39 is 51.5 Å². The molecule has 0 unspecified atom stereocenters. The minimum atomic E-state index is -1.21. The molecule has 4 aromatic carbocycles. The Hall–Kier alpha value is -6.29. The second kappa shape index (κ2) is 10.3. The molecule has 0 saturated heterocycles. The number of carbonyl (C=O) groups is 2. The fourth-order valence-electron chi connectivity index (χ4n) is 4.86. The van der Waals surface area contributed by atoms with E-state index in [2.05, 4.69) is 0 Å². The number of fused-ring (bicyclic) bond motifs is 1. The zero-order valence-electron chi connectivity index (χ0n) is 21.9. The van der Waals surface area contributed by atoms with Gasteiger partial charge in [-0.3, -0.25) is 4.79 Å². The van der Waals surface area contributed by atoms with Crippen molar-refractivity contribution in [2.24, 2.45) is 0 Å². The van der Waals surface area contributed by atoms with Crippen molar-refractivity contribution in [2.75, 3.05) is 0 Å². The van der Waals surface area contributed by atoms with Crippen LogP contribution in [0.2, 0.25) is 0 Å². The van der Waals surface area contributed by atoms with Crippen LogP contribution in [0.25, 0.3) is 34.1 Å². The first kappa shape index (κ1) is 26.9. The van der Waals surface area contributed by atoms with Gasteiger partial charge in [-0.05, 0) is 45.9 Å². The summed E-state index contributed by atoms with van der Waals surface area (Å²) in [6, 6.07) is 19.5. The maximum atomic E-state index is 13.0. The molecule has 10 heteroatoms. The Labute approximate surface area is 242 Å². The summed E-state index contributed by atoms with van der Waals surface area (Å²) >= 11 is 0. The summed E-state index contributed by atoms with van der Waals surface area (Å²) in [6.45, 7) is 0. The highest BCUT2D eigenvalue weighted by atomic mass is 16.6. The van der Waals surface area contributed by atoms with Crippen molar-refractivity contribution in [3.05, 3.63) is 134 Å². The number of aliphatic hydroxyl groups is 2. The highest BCUT2D eigenvalue weighted by Crippen LogP contribution is 2.38. The first-order chi connectivity index (χ1) is 20.6. The molecule has 2 aliphatic rings. The smallest absolute Gasteiger partial charge is 0.348 e. The third-order valence-electron chi connectivity index (χ3n) is 6.86. The van der Waals surface area contributed by atoms with Crippen molar-refractivity contribution >= 4 is 46.0 Å². The van der Waals surface area contributed by atoms with Crippen LogP contribution in [0.15, 0.2) is 107 Å². The zero-order chi connectivity index (χ0) is 30.4. The van der Waals surface area contributed by atoms with Gasteiger partial charge in [0.2, 0.25) is 0 Å². The van der Waals surface area contributed by atoms with E-state index in [1.54, 1.807) is 60.7 Å². The Morgan fingerprint density at radius 3 is 1.67 bits per heavy atom. The molecule has 212 valence electrons. The van der Waals surface area contributed by atoms with Crippen LogP contribution >= 0.6 is 0 Å². The Balaban J connectivity index is 1.55. The van der Waals surface area contributed by atoms with Crippen LogP contribution in [-0.4, -0.2) is 27.3 Å².